The smallest absolute Gasteiger partial charge is 0.363 e. The predicted octanol–water partition coefficient (Wildman–Crippen LogP) is 3.97. The zero-order valence-corrected chi connectivity index (χ0v) is 14.7. The lowest BCUT2D eigenvalue weighted by Gasteiger charge is -2.13. The van der Waals surface area contributed by atoms with Gasteiger partial charge in [0.2, 0.25) is 5.90 Å². The van der Waals surface area contributed by atoms with Crippen molar-refractivity contribution < 1.29 is 23.4 Å². The molecule has 1 heterocycles. The normalized spacial score (nSPS) is 15.2. The molecular formula is C20H18FNO4. The Morgan fingerprint density at radius 1 is 1.15 bits per heavy atom. The third-order valence-corrected chi connectivity index (χ3v) is 3.55. The van der Waals surface area contributed by atoms with Gasteiger partial charge in [0, 0.05) is 5.56 Å². The lowest BCUT2D eigenvalue weighted by atomic mass is 10.1. The first-order chi connectivity index (χ1) is 12.5. The first-order valence-corrected chi connectivity index (χ1v) is 8.09. The molecule has 2 aromatic rings. The van der Waals surface area contributed by atoms with Crippen molar-refractivity contribution in [3.05, 3.63) is 65.1 Å². The topological polar surface area (TPSA) is 57.1 Å². The fourth-order valence-electron chi connectivity index (χ4n) is 2.44. The summed E-state index contributed by atoms with van der Waals surface area (Å²) in [6.07, 6.45) is 1.56. The van der Waals surface area contributed by atoms with Gasteiger partial charge in [0.15, 0.2) is 17.2 Å². The number of esters is 1. The Labute approximate surface area is 150 Å². The summed E-state index contributed by atoms with van der Waals surface area (Å²) >= 11 is 0. The highest BCUT2D eigenvalue weighted by Crippen LogP contribution is 2.30. The first kappa shape index (κ1) is 17.7. The SMILES string of the molecule is COc1ccc(/C=C2/N=C(c3cccc(F)c3)OC2=O)cc1OC(C)C. The number of ether oxygens (including phenoxy) is 3. The molecule has 0 bridgehead atoms. The lowest BCUT2D eigenvalue weighted by molar-refractivity contribution is -0.129. The van der Waals surface area contributed by atoms with E-state index in [1.807, 2.05) is 13.8 Å². The second-order valence-electron chi connectivity index (χ2n) is 5.92. The van der Waals surface area contributed by atoms with Crippen LogP contribution < -0.4 is 9.47 Å². The summed E-state index contributed by atoms with van der Waals surface area (Å²) in [5.41, 5.74) is 1.24. The average molecular weight is 355 g/mol. The van der Waals surface area contributed by atoms with E-state index in [4.69, 9.17) is 14.2 Å². The van der Waals surface area contributed by atoms with E-state index in [-0.39, 0.29) is 17.7 Å². The van der Waals surface area contributed by atoms with Crippen LogP contribution in [0.4, 0.5) is 4.39 Å². The van der Waals surface area contributed by atoms with Crippen LogP contribution in [0.25, 0.3) is 6.08 Å². The molecule has 0 saturated heterocycles. The van der Waals surface area contributed by atoms with Crippen LogP contribution in [0.5, 0.6) is 11.5 Å². The molecule has 1 aliphatic heterocycles. The predicted molar refractivity (Wildman–Crippen MR) is 95.8 cm³/mol. The lowest BCUT2D eigenvalue weighted by Crippen LogP contribution is -2.07. The molecule has 6 heteroatoms. The zero-order chi connectivity index (χ0) is 18.7. The van der Waals surface area contributed by atoms with Gasteiger partial charge in [-0.3, -0.25) is 0 Å². The number of hydrogen-bond donors (Lipinski definition) is 0. The van der Waals surface area contributed by atoms with Crippen LogP contribution in [0.3, 0.4) is 0 Å². The molecule has 0 atom stereocenters. The Bertz CT molecular complexity index is 902. The highest BCUT2D eigenvalue weighted by Gasteiger charge is 2.24. The van der Waals surface area contributed by atoms with E-state index in [0.717, 1.165) is 0 Å². The average Bonchev–Trinajstić information content (AvgIpc) is 2.95. The summed E-state index contributed by atoms with van der Waals surface area (Å²) in [6.45, 7) is 3.82. The summed E-state index contributed by atoms with van der Waals surface area (Å²) < 4.78 is 29.5. The van der Waals surface area contributed by atoms with Gasteiger partial charge < -0.3 is 14.2 Å². The van der Waals surface area contributed by atoms with Gasteiger partial charge >= 0.3 is 5.97 Å². The van der Waals surface area contributed by atoms with Gasteiger partial charge in [0.25, 0.3) is 0 Å². The van der Waals surface area contributed by atoms with Gasteiger partial charge in [-0.25, -0.2) is 14.2 Å². The van der Waals surface area contributed by atoms with Crippen LogP contribution in [-0.4, -0.2) is 25.1 Å². The van der Waals surface area contributed by atoms with E-state index in [9.17, 15) is 9.18 Å². The van der Waals surface area contributed by atoms with Crippen molar-refractivity contribution in [3.8, 4) is 11.5 Å². The van der Waals surface area contributed by atoms with Crippen molar-refractivity contribution in [2.45, 2.75) is 20.0 Å². The number of nitrogens with zero attached hydrogens (tertiary/aromatic N) is 1. The standard InChI is InChI=1S/C20H18FNO4/c1-12(2)25-18-10-13(7-8-17(18)24-3)9-16-20(23)26-19(22-16)14-5-4-6-15(21)11-14/h4-12H,1-3H3/b16-9+. The molecule has 2 aromatic carbocycles. The summed E-state index contributed by atoms with van der Waals surface area (Å²) in [5.74, 6) is 0.222. The molecule has 26 heavy (non-hydrogen) atoms. The van der Waals surface area contributed by atoms with Crippen molar-refractivity contribution >= 4 is 17.9 Å². The van der Waals surface area contributed by atoms with E-state index >= 15 is 0 Å². The Morgan fingerprint density at radius 3 is 2.65 bits per heavy atom. The monoisotopic (exact) mass is 355 g/mol. The molecular weight excluding hydrogens is 337 g/mol. The van der Waals surface area contributed by atoms with Crippen LogP contribution in [0, 0.1) is 5.82 Å². The molecule has 5 nitrogen and oxygen atoms in total. The second kappa shape index (κ2) is 7.39. The summed E-state index contributed by atoms with van der Waals surface area (Å²) in [6, 6.07) is 11.0. The second-order valence-corrected chi connectivity index (χ2v) is 5.92. The minimum atomic E-state index is -0.591. The number of methoxy groups -OCH3 is 1. The third kappa shape index (κ3) is 3.91. The molecule has 0 spiro atoms. The van der Waals surface area contributed by atoms with Crippen LogP contribution >= 0.6 is 0 Å². The highest BCUT2D eigenvalue weighted by atomic mass is 19.1. The van der Waals surface area contributed by atoms with E-state index in [0.29, 0.717) is 22.6 Å². The van der Waals surface area contributed by atoms with Gasteiger partial charge in [-0.2, -0.15) is 0 Å². The molecule has 0 aromatic heterocycles. The van der Waals surface area contributed by atoms with Gasteiger partial charge in [0.1, 0.15) is 5.82 Å². The Kier molecular flexibility index (Phi) is 5.02. The Hall–Kier alpha value is -3.15. The van der Waals surface area contributed by atoms with Gasteiger partial charge in [-0.05, 0) is 55.8 Å². The van der Waals surface area contributed by atoms with Gasteiger partial charge in [0.05, 0.1) is 13.2 Å². The largest absolute Gasteiger partial charge is 0.493 e. The molecule has 1 aliphatic rings. The molecule has 0 unspecified atom stereocenters. The van der Waals surface area contributed by atoms with Crippen molar-refractivity contribution in [1.29, 1.82) is 0 Å². The number of carbonyl (C=O) groups excluding carboxylic acids is 1. The molecule has 3 rings (SSSR count). The molecule has 0 radical (unpaired) electrons. The maximum atomic E-state index is 13.3. The molecule has 134 valence electrons. The van der Waals surface area contributed by atoms with Crippen LogP contribution in [0.15, 0.2) is 53.2 Å². The number of halogens is 1. The Balaban J connectivity index is 1.93. The minimum absolute atomic E-state index is 0.0270. The number of rotatable bonds is 5. The summed E-state index contributed by atoms with van der Waals surface area (Å²) in [5, 5.41) is 0. The van der Waals surface area contributed by atoms with Crippen LogP contribution in [0.1, 0.15) is 25.0 Å². The number of benzene rings is 2. The van der Waals surface area contributed by atoms with E-state index in [1.165, 1.54) is 18.2 Å². The quantitative estimate of drug-likeness (QED) is 0.602. The zero-order valence-electron chi connectivity index (χ0n) is 14.7. The maximum Gasteiger partial charge on any atom is 0.363 e. The van der Waals surface area contributed by atoms with Crippen LogP contribution in [-0.2, 0) is 9.53 Å². The highest BCUT2D eigenvalue weighted by molar-refractivity contribution is 6.12. The molecule has 0 fully saturated rings. The third-order valence-electron chi connectivity index (χ3n) is 3.55. The fourth-order valence-corrected chi connectivity index (χ4v) is 2.44. The molecule has 0 N–H and O–H groups in total. The van der Waals surface area contributed by atoms with Gasteiger partial charge in [-0.1, -0.05) is 12.1 Å². The van der Waals surface area contributed by atoms with E-state index in [2.05, 4.69) is 4.99 Å². The summed E-state index contributed by atoms with van der Waals surface area (Å²) in [4.78, 5) is 16.3. The number of cyclic esters (lactones) is 1. The van der Waals surface area contributed by atoms with Gasteiger partial charge in [-0.15, -0.1) is 0 Å². The molecule has 0 aliphatic carbocycles. The Morgan fingerprint density at radius 2 is 1.96 bits per heavy atom. The fraction of sp³-hybridized carbons (Fsp3) is 0.200. The van der Waals surface area contributed by atoms with Crippen molar-refractivity contribution in [2.24, 2.45) is 4.99 Å². The van der Waals surface area contributed by atoms with E-state index < -0.39 is 11.8 Å². The maximum absolute atomic E-state index is 13.3. The molecule has 0 saturated carbocycles. The summed E-state index contributed by atoms with van der Waals surface area (Å²) in [7, 11) is 1.56. The van der Waals surface area contributed by atoms with Crippen LogP contribution in [0.2, 0.25) is 0 Å². The number of carbonyl (C=O) groups is 1. The minimum Gasteiger partial charge on any atom is -0.493 e. The van der Waals surface area contributed by atoms with Crippen molar-refractivity contribution in [3.63, 3.8) is 0 Å². The number of hydrogen-bond acceptors (Lipinski definition) is 5. The molecule has 0 amide bonds. The first-order valence-electron chi connectivity index (χ1n) is 8.09. The number of aliphatic imine (C=N–C) groups is 1. The van der Waals surface area contributed by atoms with E-state index in [1.54, 1.807) is 37.5 Å². The van der Waals surface area contributed by atoms with Crippen molar-refractivity contribution in [2.75, 3.05) is 7.11 Å². The van der Waals surface area contributed by atoms with Crippen molar-refractivity contribution in [1.82, 2.24) is 0 Å².